The highest BCUT2D eigenvalue weighted by atomic mass is 19.4. The number of nitrogens with zero attached hydrogens (tertiary/aromatic N) is 1. The molecule has 176 valence electrons. The van der Waals surface area contributed by atoms with Crippen molar-refractivity contribution in [3.8, 4) is 11.5 Å². The number of anilines is 2. The first kappa shape index (κ1) is 23.3. The lowest BCUT2D eigenvalue weighted by atomic mass is 9.83. The SMILES string of the molecule is CC(=O)Nc1cc(Oc2ccc3c(c2)CC(C(=O)Nc2ccc(C(F)(F)F)cc2)CC3)ccn1. The molecule has 6 nitrogen and oxygen atoms in total. The molecule has 0 saturated heterocycles. The number of alkyl halides is 3. The molecule has 1 atom stereocenters. The molecule has 34 heavy (non-hydrogen) atoms. The Morgan fingerprint density at radius 2 is 1.71 bits per heavy atom. The van der Waals surface area contributed by atoms with Gasteiger partial charge in [-0.2, -0.15) is 13.2 Å². The van der Waals surface area contributed by atoms with Crippen molar-refractivity contribution in [1.82, 2.24) is 4.98 Å². The molecule has 2 N–H and O–H groups in total. The van der Waals surface area contributed by atoms with Gasteiger partial charge >= 0.3 is 6.18 Å². The molecule has 0 saturated carbocycles. The van der Waals surface area contributed by atoms with Gasteiger partial charge in [-0.1, -0.05) is 6.07 Å². The third-order valence-corrected chi connectivity index (χ3v) is 5.53. The number of halogens is 3. The summed E-state index contributed by atoms with van der Waals surface area (Å²) in [6.07, 6.45) is -1.04. The fraction of sp³-hybridized carbons (Fsp3) is 0.240. The second-order valence-corrected chi connectivity index (χ2v) is 8.09. The lowest BCUT2D eigenvalue weighted by Gasteiger charge is -2.24. The number of ether oxygens (including phenoxy) is 1. The highest BCUT2D eigenvalue weighted by Crippen LogP contribution is 2.33. The van der Waals surface area contributed by atoms with E-state index in [0.717, 1.165) is 23.3 Å². The van der Waals surface area contributed by atoms with Crippen LogP contribution in [0.4, 0.5) is 24.7 Å². The van der Waals surface area contributed by atoms with Crippen LogP contribution in [0.1, 0.15) is 30.0 Å². The van der Waals surface area contributed by atoms with Crippen molar-refractivity contribution in [2.24, 2.45) is 5.92 Å². The smallest absolute Gasteiger partial charge is 0.416 e. The standard InChI is InChI=1S/C25H22F3N3O3/c1-15(32)30-23-14-22(10-11-29-23)34-21-9-4-16-2-3-17(12-18(16)13-21)24(33)31-20-7-5-19(6-8-20)25(26,27)28/h4-11,13-14,17H,2-3,12H2,1H3,(H,31,33)(H,29,30,32). The lowest BCUT2D eigenvalue weighted by Crippen LogP contribution is -2.28. The average molecular weight is 469 g/mol. The number of pyridine rings is 1. The molecule has 1 aromatic heterocycles. The van der Waals surface area contributed by atoms with Crippen LogP contribution in [0.25, 0.3) is 0 Å². The number of amides is 2. The summed E-state index contributed by atoms with van der Waals surface area (Å²) >= 11 is 0. The maximum absolute atomic E-state index is 12.8. The van der Waals surface area contributed by atoms with E-state index in [9.17, 15) is 22.8 Å². The molecule has 0 radical (unpaired) electrons. The van der Waals surface area contributed by atoms with Crippen molar-refractivity contribution in [2.45, 2.75) is 32.4 Å². The van der Waals surface area contributed by atoms with Gasteiger partial charge in [-0.3, -0.25) is 9.59 Å². The molecule has 0 spiro atoms. The van der Waals surface area contributed by atoms with E-state index in [-0.39, 0.29) is 17.7 Å². The minimum absolute atomic E-state index is 0.231. The summed E-state index contributed by atoms with van der Waals surface area (Å²) < 4.78 is 44.1. The monoisotopic (exact) mass is 469 g/mol. The molecule has 0 aliphatic heterocycles. The molecule has 2 amide bonds. The Morgan fingerprint density at radius 3 is 2.41 bits per heavy atom. The van der Waals surface area contributed by atoms with E-state index in [2.05, 4.69) is 15.6 Å². The molecule has 0 bridgehead atoms. The maximum Gasteiger partial charge on any atom is 0.416 e. The molecule has 0 fully saturated rings. The van der Waals surface area contributed by atoms with Gasteiger partial charge in [0.05, 0.1) is 5.56 Å². The fourth-order valence-corrected chi connectivity index (χ4v) is 3.87. The third-order valence-electron chi connectivity index (χ3n) is 5.53. The van der Waals surface area contributed by atoms with Crippen molar-refractivity contribution in [2.75, 3.05) is 10.6 Å². The topological polar surface area (TPSA) is 80.3 Å². The number of hydrogen-bond acceptors (Lipinski definition) is 4. The molecular formula is C25H22F3N3O3. The first-order valence-corrected chi connectivity index (χ1v) is 10.7. The van der Waals surface area contributed by atoms with Crippen molar-refractivity contribution < 1.29 is 27.5 Å². The second-order valence-electron chi connectivity index (χ2n) is 8.09. The molecule has 1 unspecified atom stereocenters. The third kappa shape index (κ3) is 5.72. The Bertz CT molecular complexity index is 1210. The van der Waals surface area contributed by atoms with Crippen molar-refractivity contribution in [3.63, 3.8) is 0 Å². The van der Waals surface area contributed by atoms with Crippen LogP contribution in [0.15, 0.2) is 60.8 Å². The van der Waals surface area contributed by atoms with Crippen molar-refractivity contribution in [3.05, 3.63) is 77.5 Å². The molecule has 1 aliphatic carbocycles. The van der Waals surface area contributed by atoms with Gasteiger partial charge in [-0.05, 0) is 72.9 Å². The number of aryl methyl sites for hydroxylation is 1. The molecule has 3 aromatic rings. The molecule has 9 heteroatoms. The zero-order valence-electron chi connectivity index (χ0n) is 18.3. The number of nitrogens with one attached hydrogen (secondary N) is 2. The van der Waals surface area contributed by atoms with E-state index in [1.165, 1.54) is 25.3 Å². The van der Waals surface area contributed by atoms with Gasteiger partial charge in [0.15, 0.2) is 0 Å². The van der Waals surface area contributed by atoms with E-state index < -0.39 is 11.7 Å². The van der Waals surface area contributed by atoms with Crippen LogP contribution in [-0.2, 0) is 28.6 Å². The molecule has 1 heterocycles. The van der Waals surface area contributed by atoms with Crippen LogP contribution in [0.3, 0.4) is 0 Å². The lowest BCUT2D eigenvalue weighted by molar-refractivity contribution is -0.137. The number of rotatable bonds is 5. The predicted octanol–water partition coefficient (Wildman–Crippen LogP) is 5.59. The Kier molecular flexibility index (Phi) is 6.54. The van der Waals surface area contributed by atoms with Gasteiger partial charge < -0.3 is 15.4 Å². The molecule has 4 rings (SSSR count). The second kappa shape index (κ2) is 9.54. The first-order valence-electron chi connectivity index (χ1n) is 10.7. The van der Waals surface area contributed by atoms with E-state index in [1.807, 2.05) is 18.2 Å². The zero-order valence-corrected chi connectivity index (χ0v) is 18.3. The van der Waals surface area contributed by atoms with E-state index in [1.54, 1.807) is 12.1 Å². The quantitative estimate of drug-likeness (QED) is 0.510. The number of aromatic nitrogens is 1. The average Bonchev–Trinajstić information content (AvgIpc) is 2.78. The van der Waals surface area contributed by atoms with Crippen LogP contribution in [0.2, 0.25) is 0 Å². The van der Waals surface area contributed by atoms with Crippen molar-refractivity contribution in [1.29, 1.82) is 0 Å². The van der Waals surface area contributed by atoms with Crippen LogP contribution in [0, 0.1) is 5.92 Å². The molecule has 1 aliphatic rings. The number of hydrogen-bond donors (Lipinski definition) is 2. The summed E-state index contributed by atoms with van der Waals surface area (Å²) in [5, 5.41) is 5.32. The minimum Gasteiger partial charge on any atom is -0.457 e. The van der Waals surface area contributed by atoms with E-state index >= 15 is 0 Å². The van der Waals surface area contributed by atoms with E-state index in [0.29, 0.717) is 42.3 Å². The summed E-state index contributed by atoms with van der Waals surface area (Å²) in [6, 6.07) is 13.4. The Balaban J connectivity index is 1.42. The van der Waals surface area contributed by atoms with Gasteiger partial charge in [0.25, 0.3) is 0 Å². The Labute approximate surface area is 194 Å². The van der Waals surface area contributed by atoms with Gasteiger partial charge in [0.2, 0.25) is 11.8 Å². The van der Waals surface area contributed by atoms with Crippen LogP contribution in [0.5, 0.6) is 11.5 Å². The van der Waals surface area contributed by atoms with Crippen molar-refractivity contribution >= 4 is 23.3 Å². The zero-order chi connectivity index (χ0) is 24.3. The van der Waals surface area contributed by atoms with Gasteiger partial charge in [-0.25, -0.2) is 4.98 Å². The number of carbonyl (C=O) groups is 2. The van der Waals surface area contributed by atoms with Crippen LogP contribution < -0.4 is 15.4 Å². The highest BCUT2D eigenvalue weighted by molar-refractivity contribution is 5.93. The van der Waals surface area contributed by atoms with Crippen LogP contribution >= 0.6 is 0 Å². The minimum atomic E-state index is -4.42. The molecular weight excluding hydrogens is 447 g/mol. The van der Waals surface area contributed by atoms with Gasteiger partial charge in [0, 0.05) is 30.8 Å². The summed E-state index contributed by atoms with van der Waals surface area (Å²) in [4.78, 5) is 28.0. The van der Waals surface area contributed by atoms with E-state index in [4.69, 9.17) is 4.74 Å². The van der Waals surface area contributed by atoms with Crippen LogP contribution in [-0.4, -0.2) is 16.8 Å². The number of benzene rings is 2. The largest absolute Gasteiger partial charge is 0.457 e. The Morgan fingerprint density at radius 1 is 0.971 bits per heavy atom. The fourth-order valence-electron chi connectivity index (χ4n) is 3.87. The van der Waals surface area contributed by atoms with Gasteiger partial charge in [0.1, 0.15) is 17.3 Å². The molecule has 2 aromatic carbocycles. The summed E-state index contributed by atoms with van der Waals surface area (Å²) in [7, 11) is 0. The maximum atomic E-state index is 12.8. The highest BCUT2D eigenvalue weighted by Gasteiger charge is 2.30. The predicted molar refractivity (Wildman–Crippen MR) is 121 cm³/mol. The summed E-state index contributed by atoms with van der Waals surface area (Å²) in [6.45, 7) is 1.39. The Hall–Kier alpha value is -3.88. The summed E-state index contributed by atoms with van der Waals surface area (Å²) in [5.41, 5.74) is 1.67. The van der Waals surface area contributed by atoms with Gasteiger partial charge in [-0.15, -0.1) is 0 Å². The summed E-state index contributed by atoms with van der Waals surface area (Å²) in [5.74, 6) is 0.693. The normalized spacial score (nSPS) is 15.2. The first-order chi connectivity index (χ1) is 16.2. The number of fused-ring (bicyclic) bond motifs is 1. The number of carbonyl (C=O) groups excluding carboxylic acids is 2.